The standard InChI is InChI=1S/C13H16N2OS/c16-8-7-15(10-5-6-10)9-13-14-11-3-1-2-4-12(11)17-13/h1-4,10,16H,5-9H2. The molecular weight excluding hydrogens is 232 g/mol. The van der Waals surface area contributed by atoms with Crippen LogP contribution >= 0.6 is 11.3 Å². The van der Waals surface area contributed by atoms with Gasteiger partial charge in [0.05, 0.1) is 23.4 Å². The lowest BCUT2D eigenvalue weighted by Gasteiger charge is -2.18. The molecule has 0 aliphatic heterocycles. The van der Waals surface area contributed by atoms with Gasteiger partial charge in [-0.1, -0.05) is 12.1 Å². The van der Waals surface area contributed by atoms with Crippen molar-refractivity contribution in [3.8, 4) is 0 Å². The van der Waals surface area contributed by atoms with Crippen molar-refractivity contribution in [2.75, 3.05) is 13.2 Å². The van der Waals surface area contributed by atoms with Crippen LogP contribution < -0.4 is 0 Å². The van der Waals surface area contributed by atoms with E-state index in [0.717, 1.165) is 23.6 Å². The van der Waals surface area contributed by atoms with Crippen molar-refractivity contribution in [1.82, 2.24) is 9.88 Å². The third-order valence-electron chi connectivity index (χ3n) is 3.13. The van der Waals surface area contributed by atoms with Gasteiger partial charge in [-0.05, 0) is 25.0 Å². The molecule has 0 amide bonds. The topological polar surface area (TPSA) is 36.4 Å². The number of thiazole rings is 1. The maximum atomic E-state index is 9.07. The van der Waals surface area contributed by atoms with Gasteiger partial charge in [0, 0.05) is 12.6 Å². The molecule has 17 heavy (non-hydrogen) atoms. The van der Waals surface area contributed by atoms with Gasteiger partial charge in [0.25, 0.3) is 0 Å². The first-order valence-corrected chi connectivity index (χ1v) is 6.88. The fourth-order valence-corrected chi connectivity index (χ4v) is 3.11. The molecule has 0 saturated heterocycles. The Balaban J connectivity index is 1.78. The third kappa shape index (κ3) is 2.49. The number of fused-ring (bicyclic) bond motifs is 1. The zero-order valence-corrected chi connectivity index (χ0v) is 10.5. The van der Waals surface area contributed by atoms with Gasteiger partial charge in [0.2, 0.25) is 0 Å². The lowest BCUT2D eigenvalue weighted by molar-refractivity contribution is 0.183. The maximum Gasteiger partial charge on any atom is 0.108 e. The van der Waals surface area contributed by atoms with Crippen molar-refractivity contribution in [3.05, 3.63) is 29.3 Å². The molecule has 1 fully saturated rings. The Morgan fingerprint density at radius 2 is 2.18 bits per heavy atom. The second-order valence-corrected chi connectivity index (χ2v) is 5.62. The van der Waals surface area contributed by atoms with Crippen LogP contribution in [0.15, 0.2) is 24.3 Å². The Kier molecular flexibility index (Phi) is 3.09. The highest BCUT2D eigenvalue weighted by Gasteiger charge is 2.29. The molecule has 2 aromatic rings. The molecule has 1 aliphatic rings. The van der Waals surface area contributed by atoms with E-state index in [0.29, 0.717) is 6.04 Å². The first-order chi connectivity index (χ1) is 8.36. The van der Waals surface area contributed by atoms with Gasteiger partial charge in [-0.3, -0.25) is 4.90 Å². The minimum atomic E-state index is 0.237. The van der Waals surface area contributed by atoms with Gasteiger partial charge in [-0.2, -0.15) is 0 Å². The number of aliphatic hydroxyl groups excluding tert-OH is 1. The first-order valence-electron chi connectivity index (χ1n) is 6.06. The zero-order valence-electron chi connectivity index (χ0n) is 9.67. The SMILES string of the molecule is OCCN(Cc1nc2ccccc2s1)C1CC1. The van der Waals surface area contributed by atoms with E-state index in [-0.39, 0.29) is 6.61 Å². The summed E-state index contributed by atoms with van der Waals surface area (Å²) in [4.78, 5) is 6.99. The number of aliphatic hydroxyl groups is 1. The second-order valence-electron chi connectivity index (χ2n) is 4.50. The number of benzene rings is 1. The average molecular weight is 248 g/mol. The normalized spacial score (nSPS) is 15.9. The highest BCUT2D eigenvalue weighted by atomic mass is 32.1. The number of hydrogen-bond acceptors (Lipinski definition) is 4. The fourth-order valence-electron chi connectivity index (χ4n) is 2.12. The molecule has 0 bridgehead atoms. The van der Waals surface area contributed by atoms with E-state index >= 15 is 0 Å². The van der Waals surface area contributed by atoms with Gasteiger partial charge in [-0.15, -0.1) is 11.3 Å². The van der Waals surface area contributed by atoms with Crippen LogP contribution in [0.25, 0.3) is 10.2 Å². The van der Waals surface area contributed by atoms with E-state index in [1.807, 2.05) is 6.07 Å². The quantitative estimate of drug-likeness (QED) is 0.881. The highest BCUT2D eigenvalue weighted by molar-refractivity contribution is 7.18. The molecule has 0 unspecified atom stereocenters. The summed E-state index contributed by atoms with van der Waals surface area (Å²) >= 11 is 1.76. The molecule has 1 saturated carbocycles. The molecule has 3 rings (SSSR count). The van der Waals surface area contributed by atoms with Crippen LogP contribution in [0.5, 0.6) is 0 Å². The minimum absolute atomic E-state index is 0.237. The number of nitrogens with zero attached hydrogens (tertiary/aromatic N) is 2. The Labute approximate surface area is 105 Å². The second kappa shape index (κ2) is 4.72. The molecule has 0 radical (unpaired) electrons. The van der Waals surface area contributed by atoms with Crippen molar-refractivity contribution < 1.29 is 5.11 Å². The molecule has 0 atom stereocenters. The molecule has 1 aromatic heterocycles. The summed E-state index contributed by atoms with van der Waals surface area (Å²) in [6.07, 6.45) is 2.54. The van der Waals surface area contributed by atoms with E-state index in [2.05, 4.69) is 28.1 Å². The lowest BCUT2D eigenvalue weighted by atomic mass is 10.3. The van der Waals surface area contributed by atoms with E-state index in [4.69, 9.17) is 5.11 Å². The molecule has 1 N–H and O–H groups in total. The van der Waals surface area contributed by atoms with Crippen molar-refractivity contribution >= 4 is 21.6 Å². The number of hydrogen-bond donors (Lipinski definition) is 1. The van der Waals surface area contributed by atoms with E-state index in [1.165, 1.54) is 17.5 Å². The third-order valence-corrected chi connectivity index (χ3v) is 4.15. The number of aromatic nitrogens is 1. The average Bonchev–Trinajstić information content (AvgIpc) is 3.09. The number of para-hydroxylation sites is 1. The zero-order chi connectivity index (χ0) is 11.7. The summed E-state index contributed by atoms with van der Waals surface area (Å²) in [5, 5.41) is 10.2. The van der Waals surface area contributed by atoms with Crippen molar-refractivity contribution in [2.45, 2.75) is 25.4 Å². The molecule has 1 aliphatic carbocycles. The molecular formula is C13H16N2OS. The lowest BCUT2D eigenvalue weighted by Crippen LogP contribution is -2.28. The van der Waals surface area contributed by atoms with Gasteiger partial charge in [0.1, 0.15) is 5.01 Å². The Hall–Kier alpha value is -0.970. The van der Waals surface area contributed by atoms with Gasteiger partial charge < -0.3 is 5.11 Å². The van der Waals surface area contributed by atoms with Crippen LogP contribution in [0.1, 0.15) is 17.8 Å². The molecule has 1 aromatic carbocycles. The van der Waals surface area contributed by atoms with Gasteiger partial charge >= 0.3 is 0 Å². The van der Waals surface area contributed by atoms with Crippen molar-refractivity contribution in [3.63, 3.8) is 0 Å². The van der Waals surface area contributed by atoms with Gasteiger partial charge in [-0.25, -0.2) is 4.98 Å². The smallest absolute Gasteiger partial charge is 0.108 e. The fraction of sp³-hybridized carbons (Fsp3) is 0.462. The molecule has 3 nitrogen and oxygen atoms in total. The van der Waals surface area contributed by atoms with Crippen LogP contribution in [-0.2, 0) is 6.54 Å². The Morgan fingerprint density at radius 1 is 1.35 bits per heavy atom. The summed E-state index contributed by atoms with van der Waals surface area (Å²) < 4.78 is 1.25. The molecule has 90 valence electrons. The minimum Gasteiger partial charge on any atom is -0.395 e. The van der Waals surface area contributed by atoms with Crippen molar-refractivity contribution in [1.29, 1.82) is 0 Å². The summed E-state index contributed by atoms with van der Waals surface area (Å²) in [6, 6.07) is 8.93. The monoisotopic (exact) mass is 248 g/mol. The Bertz CT molecular complexity index is 474. The van der Waals surface area contributed by atoms with E-state index < -0.39 is 0 Å². The summed E-state index contributed by atoms with van der Waals surface area (Å²) in [5.74, 6) is 0. The van der Waals surface area contributed by atoms with Gasteiger partial charge in [0.15, 0.2) is 0 Å². The van der Waals surface area contributed by atoms with Crippen LogP contribution in [0.3, 0.4) is 0 Å². The van der Waals surface area contributed by atoms with E-state index in [1.54, 1.807) is 11.3 Å². The van der Waals surface area contributed by atoms with Crippen molar-refractivity contribution in [2.24, 2.45) is 0 Å². The maximum absolute atomic E-state index is 9.07. The first kappa shape index (κ1) is 11.1. The Morgan fingerprint density at radius 3 is 2.88 bits per heavy atom. The predicted octanol–water partition coefficient (Wildman–Crippen LogP) is 2.25. The van der Waals surface area contributed by atoms with Crippen LogP contribution in [-0.4, -0.2) is 34.2 Å². The van der Waals surface area contributed by atoms with Crippen LogP contribution in [0, 0.1) is 0 Å². The predicted molar refractivity (Wildman–Crippen MR) is 70.1 cm³/mol. The highest BCUT2D eigenvalue weighted by Crippen LogP contribution is 2.30. The summed E-state index contributed by atoms with van der Waals surface area (Å²) in [6.45, 7) is 1.88. The summed E-state index contributed by atoms with van der Waals surface area (Å²) in [5.41, 5.74) is 1.09. The van der Waals surface area contributed by atoms with E-state index in [9.17, 15) is 0 Å². The summed E-state index contributed by atoms with van der Waals surface area (Å²) in [7, 11) is 0. The molecule has 4 heteroatoms. The van der Waals surface area contributed by atoms with Crippen LogP contribution in [0.2, 0.25) is 0 Å². The molecule has 1 heterocycles. The number of rotatable bonds is 5. The molecule has 0 spiro atoms. The largest absolute Gasteiger partial charge is 0.395 e. The van der Waals surface area contributed by atoms with Crippen LogP contribution in [0.4, 0.5) is 0 Å².